The summed E-state index contributed by atoms with van der Waals surface area (Å²) in [5.41, 5.74) is -0.0518. The van der Waals surface area contributed by atoms with Gasteiger partial charge in [-0.05, 0) is 24.6 Å². The number of sulfonamides is 1. The average molecular weight is 377 g/mol. The number of unbranched alkanes of at least 4 members (excludes halogenated alkanes) is 1. The van der Waals surface area contributed by atoms with Crippen LogP contribution < -0.4 is 10.0 Å². The molecule has 8 nitrogen and oxygen atoms in total. The van der Waals surface area contributed by atoms with Crippen LogP contribution in [-0.4, -0.2) is 25.8 Å². The molecule has 2 N–H and O–H groups in total. The molecule has 0 aliphatic carbocycles. The fourth-order valence-corrected chi connectivity index (χ4v) is 3.33. The van der Waals surface area contributed by atoms with Crippen molar-refractivity contribution in [1.82, 2.24) is 5.32 Å². The van der Waals surface area contributed by atoms with Gasteiger partial charge in [0.2, 0.25) is 0 Å². The van der Waals surface area contributed by atoms with Gasteiger partial charge in [-0.1, -0.05) is 31.5 Å². The Morgan fingerprint density at radius 3 is 2.58 bits per heavy atom. The van der Waals surface area contributed by atoms with Gasteiger partial charge < -0.3 is 5.32 Å². The van der Waals surface area contributed by atoms with E-state index in [2.05, 4.69) is 10.0 Å². The van der Waals surface area contributed by atoms with Crippen molar-refractivity contribution in [2.24, 2.45) is 0 Å². The van der Waals surface area contributed by atoms with Crippen molar-refractivity contribution in [3.63, 3.8) is 0 Å². The van der Waals surface area contributed by atoms with Crippen LogP contribution in [0.5, 0.6) is 0 Å². The van der Waals surface area contributed by atoms with E-state index in [-0.39, 0.29) is 21.8 Å². The quantitative estimate of drug-likeness (QED) is 0.416. The molecule has 2 rings (SSSR count). The van der Waals surface area contributed by atoms with Crippen LogP contribution in [0.1, 0.15) is 30.1 Å². The molecule has 0 aromatic heterocycles. The molecule has 2 aromatic carbocycles. The molecule has 0 fully saturated rings. The van der Waals surface area contributed by atoms with E-state index in [1.165, 1.54) is 30.3 Å². The maximum Gasteiger partial charge on any atom is 0.270 e. The van der Waals surface area contributed by atoms with Gasteiger partial charge in [0, 0.05) is 18.7 Å². The number of carbonyl (C=O) groups is 1. The van der Waals surface area contributed by atoms with Crippen molar-refractivity contribution in [3.05, 3.63) is 64.2 Å². The molecule has 0 saturated heterocycles. The molecule has 0 bridgehead atoms. The van der Waals surface area contributed by atoms with E-state index in [9.17, 15) is 23.3 Å². The molecular formula is C17H19N3O5S. The number of amides is 1. The Balaban J connectivity index is 2.29. The summed E-state index contributed by atoms with van der Waals surface area (Å²) in [4.78, 5) is 22.2. The lowest BCUT2D eigenvalue weighted by Gasteiger charge is -2.12. The Hall–Kier alpha value is -2.94. The van der Waals surface area contributed by atoms with Gasteiger partial charge in [0.1, 0.15) is 0 Å². The van der Waals surface area contributed by atoms with E-state index in [4.69, 9.17) is 0 Å². The first-order valence-electron chi connectivity index (χ1n) is 7.99. The Morgan fingerprint density at radius 1 is 1.15 bits per heavy atom. The van der Waals surface area contributed by atoms with Crippen molar-refractivity contribution >= 4 is 27.3 Å². The number of carbonyl (C=O) groups excluding carboxylic acids is 1. The number of nitro benzene ring substituents is 1. The van der Waals surface area contributed by atoms with E-state index < -0.39 is 20.9 Å². The van der Waals surface area contributed by atoms with Crippen LogP contribution in [0.4, 0.5) is 11.4 Å². The number of nitrogens with zero attached hydrogens (tertiary/aromatic N) is 1. The van der Waals surface area contributed by atoms with Crippen molar-refractivity contribution in [1.29, 1.82) is 0 Å². The number of anilines is 1. The molecule has 0 saturated carbocycles. The minimum atomic E-state index is -4.08. The van der Waals surface area contributed by atoms with Gasteiger partial charge in [0.15, 0.2) is 0 Å². The minimum absolute atomic E-state index is 0.105. The van der Waals surface area contributed by atoms with Crippen LogP contribution in [0.3, 0.4) is 0 Å². The second-order valence-corrected chi connectivity index (χ2v) is 7.20. The SMILES string of the molecule is CCCCNC(=O)c1ccccc1NS(=O)(=O)c1cccc([N+](=O)[O-])c1. The molecule has 1 amide bonds. The van der Waals surface area contributed by atoms with E-state index in [1.807, 2.05) is 6.92 Å². The Bertz CT molecular complexity index is 912. The molecule has 0 radical (unpaired) electrons. The third-order valence-corrected chi connectivity index (χ3v) is 4.93. The first kappa shape index (κ1) is 19.4. The number of hydrogen-bond donors (Lipinski definition) is 2. The highest BCUT2D eigenvalue weighted by molar-refractivity contribution is 7.92. The van der Waals surface area contributed by atoms with Gasteiger partial charge in [-0.3, -0.25) is 19.6 Å². The number of hydrogen-bond acceptors (Lipinski definition) is 5. The Morgan fingerprint density at radius 2 is 1.88 bits per heavy atom. The van der Waals surface area contributed by atoms with E-state index in [1.54, 1.807) is 12.1 Å². The summed E-state index contributed by atoms with van der Waals surface area (Å²) in [6, 6.07) is 10.9. The number of benzene rings is 2. The average Bonchev–Trinajstić information content (AvgIpc) is 2.62. The van der Waals surface area contributed by atoms with Gasteiger partial charge >= 0.3 is 0 Å². The third-order valence-electron chi connectivity index (χ3n) is 3.57. The molecule has 0 atom stereocenters. The van der Waals surface area contributed by atoms with Gasteiger partial charge in [-0.25, -0.2) is 8.42 Å². The van der Waals surface area contributed by atoms with E-state index in [0.29, 0.717) is 6.54 Å². The summed E-state index contributed by atoms with van der Waals surface area (Å²) in [6.45, 7) is 2.48. The van der Waals surface area contributed by atoms with Gasteiger partial charge in [0.25, 0.3) is 21.6 Å². The summed E-state index contributed by atoms with van der Waals surface area (Å²) in [6.07, 6.45) is 1.73. The second-order valence-electron chi connectivity index (χ2n) is 5.52. The third kappa shape index (κ3) is 4.79. The monoisotopic (exact) mass is 377 g/mol. The van der Waals surface area contributed by atoms with Crippen LogP contribution in [-0.2, 0) is 10.0 Å². The van der Waals surface area contributed by atoms with Crippen molar-refractivity contribution in [3.8, 4) is 0 Å². The predicted octanol–water partition coefficient (Wildman–Crippen LogP) is 2.93. The maximum atomic E-state index is 12.5. The first-order valence-corrected chi connectivity index (χ1v) is 9.48. The van der Waals surface area contributed by atoms with E-state index in [0.717, 1.165) is 18.9 Å². The zero-order chi connectivity index (χ0) is 19.2. The Kier molecular flexibility index (Phi) is 6.29. The lowest BCUT2D eigenvalue weighted by atomic mass is 10.1. The minimum Gasteiger partial charge on any atom is -0.352 e. The van der Waals surface area contributed by atoms with Crippen LogP contribution in [0.15, 0.2) is 53.4 Å². The zero-order valence-corrected chi connectivity index (χ0v) is 15.0. The van der Waals surface area contributed by atoms with Crippen LogP contribution in [0.2, 0.25) is 0 Å². The van der Waals surface area contributed by atoms with Crippen LogP contribution >= 0.6 is 0 Å². The van der Waals surface area contributed by atoms with Crippen molar-refractivity contribution in [2.45, 2.75) is 24.7 Å². The Labute approximate surface area is 151 Å². The number of non-ortho nitro benzene ring substituents is 1. The largest absolute Gasteiger partial charge is 0.352 e. The van der Waals surface area contributed by atoms with Crippen LogP contribution in [0, 0.1) is 10.1 Å². The topological polar surface area (TPSA) is 118 Å². The molecule has 9 heteroatoms. The molecule has 0 aliphatic heterocycles. The predicted molar refractivity (Wildman–Crippen MR) is 97.6 cm³/mol. The lowest BCUT2D eigenvalue weighted by Crippen LogP contribution is -2.26. The number of rotatable bonds is 8. The zero-order valence-electron chi connectivity index (χ0n) is 14.1. The van der Waals surface area contributed by atoms with Gasteiger partial charge in [0.05, 0.1) is 21.1 Å². The molecule has 0 spiro atoms. The lowest BCUT2D eigenvalue weighted by molar-refractivity contribution is -0.385. The fraction of sp³-hybridized carbons (Fsp3) is 0.235. The molecule has 138 valence electrons. The van der Waals surface area contributed by atoms with Crippen molar-refractivity contribution < 1.29 is 18.1 Å². The van der Waals surface area contributed by atoms with E-state index >= 15 is 0 Å². The smallest absolute Gasteiger partial charge is 0.270 e. The summed E-state index contributed by atoms with van der Waals surface area (Å²) in [7, 11) is -4.08. The highest BCUT2D eigenvalue weighted by Gasteiger charge is 2.20. The number of nitro groups is 1. The number of nitrogens with one attached hydrogen (secondary N) is 2. The van der Waals surface area contributed by atoms with Crippen molar-refractivity contribution in [2.75, 3.05) is 11.3 Å². The highest BCUT2D eigenvalue weighted by Crippen LogP contribution is 2.22. The standard InChI is InChI=1S/C17H19N3O5S/c1-2-3-11-18-17(21)15-9-4-5-10-16(15)19-26(24,25)14-8-6-7-13(12-14)20(22)23/h4-10,12,19H,2-3,11H2,1H3,(H,18,21). The van der Waals surface area contributed by atoms with Gasteiger partial charge in [-0.2, -0.15) is 0 Å². The summed E-state index contributed by atoms with van der Waals surface area (Å²) in [5, 5.41) is 13.6. The summed E-state index contributed by atoms with van der Waals surface area (Å²) in [5.74, 6) is -0.393. The maximum absolute atomic E-state index is 12.5. The fourth-order valence-electron chi connectivity index (χ4n) is 2.21. The summed E-state index contributed by atoms with van der Waals surface area (Å²) >= 11 is 0. The van der Waals surface area contributed by atoms with Crippen LogP contribution in [0.25, 0.3) is 0 Å². The normalized spacial score (nSPS) is 11.0. The first-order chi connectivity index (χ1) is 12.3. The molecule has 0 aliphatic rings. The molecular weight excluding hydrogens is 358 g/mol. The second kappa shape index (κ2) is 8.43. The highest BCUT2D eigenvalue weighted by atomic mass is 32.2. The molecule has 0 unspecified atom stereocenters. The molecule has 2 aromatic rings. The molecule has 26 heavy (non-hydrogen) atoms. The number of para-hydroxylation sites is 1. The molecule has 0 heterocycles. The summed E-state index contributed by atoms with van der Waals surface area (Å²) < 4.78 is 27.4. The van der Waals surface area contributed by atoms with Gasteiger partial charge in [-0.15, -0.1) is 0 Å².